The maximum absolute atomic E-state index is 12.7. The van der Waals surface area contributed by atoms with Crippen LogP contribution in [0.25, 0.3) is 0 Å². The van der Waals surface area contributed by atoms with Crippen molar-refractivity contribution in [1.82, 2.24) is 9.80 Å². The number of nitro benzene ring substituents is 1. The van der Waals surface area contributed by atoms with Crippen LogP contribution >= 0.6 is 11.6 Å². The third-order valence-electron chi connectivity index (χ3n) is 5.93. The fraction of sp³-hybridized carbons (Fsp3) is 0.421. The summed E-state index contributed by atoms with van der Waals surface area (Å²) in [6, 6.07) is 4.01. The van der Waals surface area contributed by atoms with Crippen LogP contribution in [0.5, 0.6) is 0 Å². The molecule has 8 nitrogen and oxygen atoms in total. The minimum Gasteiger partial charge on any atom is -0.340 e. The third kappa shape index (κ3) is 2.88. The van der Waals surface area contributed by atoms with Gasteiger partial charge in [-0.05, 0) is 29.9 Å². The van der Waals surface area contributed by atoms with Crippen molar-refractivity contribution in [1.29, 1.82) is 0 Å². The highest BCUT2D eigenvalue weighted by molar-refractivity contribution is 6.31. The molecular weight excluding hydrogens is 386 g/mol. The molecule has 0 aromatic heterocycles. The van der Waals surface area contributed by atoms with Crippen LogP contribution in [0.1, 0.15) is 12.0 Å². The Morgan fingerprint density at radius 1 is 1.25 bits per heavy atom. The van der Waals surface area contributed by atoms with Gasteiger partial charge in [-0.1, -0.05) is 23.8 Å². The summed E-state index contributed by atoms with van der Waals surface area (Å²) < 4.78 is 0. The largest absolute Gasteiger partial charge is 0.340 e. The van der Waals surface area contributed by atoms with Crippen LogP contribution in [0.2, 0.25) is 5.02 Å². The number of rotatable bonds is 5. The first-order valence-corrected chi connectivity index (χ1v) is 9.36. The second-order valence-electron chi connectivity index (χ2n) is 7.55. The molecule has 1 aliphatic heterocycles. The Balaban J connectivity index is 1.44. The van der Waals surface area contributed by atoms with Gasteiger partial charge in [0.05, 0.1) is 16.8 Å². The molecule has 0 spiro atoms. The second kappa shape index (κ2) is 6.70. The van der Waals surface area contributed by atoms with E-state index in [1.54, 1.807) is 0 Å². The number of likely N-dealkylation sites (tertiary alicyclic amines) is 1. The molecule has 28 heavy (non-hydrogen) atoms. The number of halogens is 1. The molecule has 2 fully saturated rings. The van der Waals surface area contributed by atoms with E-state index in [1.165, 1.54) is 30.1 Å². The van der Waals surface area contributed by atoms with Crippen molar-refractivity contribution in [2.45, 2.75) is 13.0 Å². The fourth-order valence-corrected chi connectivity index (χ4v) is 4.69. The van der Waals surface area contributed by atoms with Gasteiger partial charge in [0, 0.05) is 30.7 Å². The van der Waals surface area contributed by atoms with Crippen molar-refractivity contribution in [3.8, 4) is 0 Å². The summed E-state index contributed by atoms with van der Waals surface area (Å²) in [6.07, 6.45) is 4.83. The minimum absolute atomic E-state index is 0.0369. The molecule has 0 radical (unpaired) electrons. The lowest BCUT2D eigenvalue weighted by molar-refractivity contribution is -0.384. The molecule has 4 rings (SSSR count). The van der Waals surface area contributed by atoms with Crippen molar-refractivity contribution in [2.24, 2.45) is 23.7 Å². The summed E-state index contributed by atoms with van der Waals surface area (Å²) in [4.78, 5) is 50.7. The number of amides is 3. The van der Waals surface area contributed by atoms with Gasteiger partial charge in [-0.25, -0.2) is 0 Å². The maximum atomic E-state index is 12.7. The number of carbonyl (C=O) groups is 3. The van der Waals surface area contributed by atoms with Gasteiger partial charge < -0.3 is 4.90 Å². The van der Waals surface area contributed by atoms with Crippen LogP contribution in [-0.2, 0) is 20.9 Å². The van der Waals surface area contributed by atoms with E-state index in [2.05, 4.69) is 0 Å². The molecule has 0 N–H and O–H groups in total. The van der Waals surface area contributed by atoms with Gasteiger partial charge in [0.15, 0.2) is 0 Å². The van der Waals surface area contributed by atoms with E-state index in [0.29, 0.717) is 10.6 Å². The van der Waals surface area contributed by atoms with E-state index in [9.17, 15) is 24.5 Å². The number of non-ortho nitro benzene ring substituents is 1. The van der Waals surface area contributed by atoms with E-state index in [0.717, 1.165) is 11.3 Å². The van der Waals surface area contributed by atoms with E-state index in [4.69, 9.17) is 11.6 Å². The van der Waals surface area contributed by atoms with E-state index >= 15 is 0 Å². The van der Waals surface area contributed by atoms with Crippen molar-refractivity contribution in [2.75, 3.05) is 13.6 Å². The zero-order chi connectivity index (χ0) is 20.2. The molecule has 2 aliphatic carbocycles. The quantitative estimate of drug-likeness (QED) is 0.324. The standard InChI is InChI=1S/C19H18ClN3O5/c1-21(8-12-7-13(23(27)28)4-5-14(12)20)15(24)9-22-18(25)16-10-2-3-11(6-10)17(16)19(22)26/h2-5,7,10-11,16-17H,6,8-9H2,1H3. The smallest absolute Gasteiger partial charge is 0.269 e. The lowest BCUT2D eigenvalue weighted by Gasteiger charge is -2.22. The monoisotopic (exact) mass is 403 g/mol. The van der Waals surface area contributed by atoms with Crippen molar-refractivity contribution < 1.29 is 19.3 Å². The summed E-state index contributed by atoms with van der Waals surface area (Å²) in [5, 5.41) is 11.2. The molecule has 3 amide bonds. The molecule has 1 saturated carbocycles. The van der Waals surface area contributed by atoms with Gasteiger partial charge in [-0.2, -0.15) is 0 Å². The zero-order valence-electron chi connectivity index (χ0n) is 15.1. The third-order valence-corrected chi connectivity index (χ3v) is 6.30. The van der Waals surface area contributed by atoms with Crippen molar-refractivity contribution in [3.05, 3.63) is 51.1 Å². The summed E-state index contributed by atoms with van der Waals surface area (Å²) in [5.41, 5.74) is 0.297. The molecular formula is C19H18ClN3O5. The van der Waals surface area contributed by atoms with Gasteiger partial charge >= 0.3 is 0 Å². The van der Waals surface area contributed by atoms with Crippen LogP contribution in [0.4, 0.5) is 5.69 Å². The van der Waals surface area contributed by atoms with Crippen LogP contribution in [0.15, 0.2) is 30.4 Å². The Labute approximate surface area is 165 Å². The number of carbonyl (C=O) groups excluding carboxylic acids is 3. The molecule has 4 atom stereocenters. The molecule has 1 aromatic carbocycles. The number of benzene rings is 1. The highest BCUT2D eigenvalue weighted by atomic mass is 35.5. The van der Waals surface area contributed by atoms with Gasteiger partial charge in [0.25, 0.3) is 5.69 Å². The van der Waals surface area contributed by atoms with Crippen LogP contribution in [0.3, 0.4) is 0 Å². The summed E-state index contributed by atoms with van der Waals surface area (Å²) in [5.74, 6) is -1.48. The average Bonchev–Trinajstić information content (AvgIpc) is 3.33. The maximum Gasteiger partial charge on any atom is 0.269 e. The van der Waals surface area contributed by atoms with E-state index in [-0.39, 0.29) is 54.3 Å². The highest BCUT2D eigenvalue weighted by Crippen LogP contribution is 2.52. The molecule has 1 heterocycles. The topological polar surface area (TPSA) is 101 Å². The van der Waals surface area contributed by atoms with Gasteiger partial charge in [-0.3, -0.25) is 29.4 Å². The molecule has 9 heteroatoms. The first-order chi connectivity index (χ1) is 13.3. The number of hydrogen-bond donors (Lipinski definition) is 0. The second-order valence-corrected chi connectivity index (χ2v) is 7.95. The predicted octanol–water partition coefficient (Wildman–Crippen LogP) is 2.01. The normalized spacial score (nSPS) is 27.4. The van der Waals surface area contributed by atoms with E-state index in [1.807, 2.05) is 12.2 Å². The van der Waals surface area contributed by atoms with Crippen molar-refractivity contribution in [3.63, 3.8) is 0 Å². The van der Waals surface area contributed by atoms with Crippen LogP contribution in [0, 0.1) is 33.8 Å². The Hall–Kier alpha value is -2.74. The van der Waals surface area contributed by atoms with Crippen LogP contribution < -0.4 is 0 Å². The average molecular weight is 404 g/mol. The number of likely N-dealkylation sites (N-methyl/N-ethyl adjacent to an activating group) is 1. The summed E-state index contributed by atoms with van der Waals surface area (Å²) >= 11 is 6.08. The lowest BCUT2D eigenvalue weighted by atomic mass is 9.85. The van der Waals surface area contributed by atoms with Gasteiger partial charge in [-0.15, -0.1) is 0 Å². The van der Waals surface area contributed by atoms with E-state index < -0.39 is 10.8 Å². The Bertz CT molecular complexity index is 900. The number of fused-ring (bicyclic) bond motifs is 5. The number of nitrogens with zero attached hydrogens (tertiary/aromatic N) is 3. The molecule has 146 valence electrons. The first kappa shape index (κ1) is 18.6. The first-order valence-electron chi connectivity index (χ1n) is 8.98. The number of hydrogen-bond acceptors (Lipinski definition) is 5. The fourth-order valence-electron chi connectivity index (χ4n) is 4.52. The van der Waals surface area contributed by atoms with Crippen LogP contribution in [-0.4, -0.2) is 46.0 Å². The number of nitro groups is 1. The van der Waals surface area contributed by atoms with Crippen molar-refractivity contribution >= 4 is 35.0 Å². The van der Waals surface area contributed by atoms with Gasteiger partial charge in [0.2, 0.25) is 17.7 Å². The highest BCUT2D eigenvalue weighted by Gasteiger charge is 2.59. The molecule has 3 aliphatic rings. The molecule has 1 saturated heterocycles. The minimum atomic E-state index is -0.537. The molecule has 4 unspecified atom stereocenters. The summed E-state index contributed by atoms with van der Waals surface area (Å²) in [6.45, 7) is -0.289. The summed E-state index contributed by atoms with van der Waals surface area (Å²) in [7, 11) is 1.51. The number of imide groups is 1. The van der Waals surface area contributed by atoms with Gasteiger partial charge in [0.1, 0.15) is 6.54 Å². The molecule has 2 bridgehead atoms. The number of allylic oxidation sites excluding steroid dienone is 2. The predicted molar refractivity (Wildman–Crippen MR) is 99.0 cm³/mol. The zero-order valence-corrected chi connectivity index (χ0v) is 15.8. The Morgan fingerprint density at radius 2 is 1.86 bits per heavy atom. The molecule has 1 aromatic rings. The Morgan fingerprint density at radius 3 is 2.43 bits per heavy atom. The SMILES string of the molecule is CN(Cc1cc([N+](=O)[O-])ccc1Cl)C(=O)CN1C(=O)C2C3C=CC(C3)C2C1=O. The Kier molecular flexibility index (Phi) is 4.45. The lowest BCUT2D eigenvalue weighted by Crippen LogP contribution is -2.42.